The van der Waals surface area contributed by atoms with E-state index in [4.69, 9.17) is 5.11 Å². The number of benzene rings is 1. The molecule has 1 unspecified atom stereocenters. The second kappa shape index (κ2) is 8.54. The van der Waals surface area contributed by atoms with E-state index in [0.717, 1.165) is 10.4 Å². The Kier molecular flexibility index (Phi) is 7.30. The third kappa shape index (κ3) is 5.25. The van der Waals surface area contributed by atoms with Crippen molar-refractivity contribution in [2.24, 2.45) is 0 Å². The summed E-state index contributed by atoms with van der Waals surface area (Å²) < 4.78 is 58.9. The Morgan fingerprint density at radius 3 is 2.46 bits per heavy atom. The Labute approximate surface area is 142 Å². The van der Waals surface area contributed by atoms with Gasteiger partial charge in [0.25, 0.3) is 11.3 Å². The zero-order valence-electron chi connectivity index (χ0n) is 13.4. The Morgan fingerprint density at radius 1 is 1.33 bits per heavy atom. The third-order valence-electron chi connectivity index (χ3n) is 3.39. The molecule has 1 rings (SSSR count). The summed E-state index contributed by atoms with van der Waals surface area (Å²) >= 11 is -2.50. The molecule has 0 aliphatic rings. The summed E-state index contributed by atoms with van der Waals surface area (Å²) in [5.74, 6) is -2.55. The van der Waals surface area contributed by atoms with Gasteiger partial charge in [0.2, 0.25) is 0 Å². The predicted octanol–water partition coefficient (Wildman–Crippen LogP) is 1.99. The zero-order chi connectivity index (χ0) is 18.5. The maximum absolute atomic E-state index is 13.6. The number of nitrogens with zero attached hydrogens (tertiary/aromatic N) is 1. The molecule has 7 nitrogen and oxygen atoms in total. The summed E-state index contributed by atoms with van der Waals surface area (Å²) in [7, 11) is -3.24. The molecular formula is C14H20FNO6S2. The fourth-order valence-electron chi connectivity index (χ4n) is 2.32. The van der Waals surface area contributed by atoms with Gasteiger partial charge in [-0.2, -0.15) is 0 Å². The van der Waals surface area contributed by atoms with Crippen molar-refractivity contribution in [3.05, 3.63) is 29.1 Å². The minimum absolute atomic E-state index is 0.00122. The fourth-order valence-corrected chi connectivity index (χ4v) is 4.37. The van der Waals surface area contributed by atoms with E-state index in [9.17, 15) is 26.4 Å². The van der Waals surface area contributed by atoms with Crippen molar-refractivity contribution in [3.63, 3.8) is 0 Å². The normalized spacial score (nSPS) is 12.8. The second-order valence-corrected chi connectivity index (χ2v) is 8.42. The van der Waals surface area contributed by atoms with E-state index in [1.807, 2.05) is 0 Å². The van der Waals surface area contributed by atoms with Crippen LogP contribution in [0.15, 0.2) is 12.1 Å². The van der Waals surface area contributed by atoms with Gasteiger partial charge in [0.1, 0.15) is 21.2 Å². The van der Waals surface area contributed by atoms with Crippen LogP contribution in [-0.2, 0) is 21.1 Å². The van der Waals surface area contributed by atoms with Gasteiger partial charge in [-0.05, 0) is 37.5 Å². The topological polar surface area (TPSA) is 112 Å². The molecule has 10 heteroatoms. The van der Waals surface area contributed by atoms with Crippen LogP contribution >= 0.6 is 0 Å². The van der Waals surface area contributed by atoms with Crippen LogP contribution in [-0.4, -0.2) is 46.3 Å². The number of carboxylic acids is 1. The Morgan fingerprint density at radius 2 is 1.96 bits per heavy atom. The van der Waals surface area contributed by atoms with Gasteiger partial charge in [0.15, 0.2) is 0 Å². The van der Waals surface area contributed by atoms with Gasteiger partial charge >= 0.3 is 5.97 Å². The summed E-state index contributed by atoms with van der Waals surface area (Å²) in [6, 6.07) is 2.10. The smallest absolute Gasteiger partial charge is 0.339 e. The summed E-state index contributed by atoms with van der Waals surface area (Å²) in [5, 5.41) is 9.06. The molecule has 1 aromatic carbocycles. The van der Waals surface area contributed by atoms with Crippen LogP contribution < -0.4 is 4.31 Å². The molecule has 0 spiro atoms. The van der Waals surface area contributed by atoms with Crippen molar-refractivity contribution in [3.8, 4) is 0 Å². The number of aromatic carboxylic acids is 1. The van der Waals surface area contributed by atoms with Gasteiger partial charge in [-0.1, -0.05) is 6.92 Å². The predicted molar refractivity (Wildman–Crippen MR) is 89.8 cm³/mol. The molecule has 0 radical (unpaired) electrons. The van der Waals surface area contributed by atoms with Crippen molar-refractivity contribution in [1.82, 2.24) is 0 Å². The minimum Gasteiger partial charge on any atom is -0.478 e. The molecule has 0 aliphatic carbocycles. The first-order valence-electron chi connectivity index (χ1n) is 7.22. The van der Waals surface area contributed by atoms with Crippen LogP contribution in [0, 0.1) is 12.7 Å². The average molecular weight is 381 g/mol. The van der Waals surface area contributed by atoms with Gasteiger partial charge < -0.3 is 5.11 Å². The monoisotopic (exact) mass is 381 g/mol. The Hall–Kier alpha value is -1.52. The molecule has 0 amide bonds. The standard InChI is InChI=1S/C14H20FNO6S2/c1-3-8-24(21,22)9-4-7-16(23(19)20)12-6-5-11(15)13(10(12)2)14(17)18/h5-6H,3-4,7-9H2,1-2H3,(H,17,18)(H,19,20). The van der Waals surface area contributed by atoms with E-state index in [1.54, 1.807) is 6.92 Å². The SMILES string of the molecule is CCCS(=O)(=O)CCCN(c1ccc(F)c(C(=O)O)c1C)S(=O)O. The summed E-state index contributed by atoms with van der Waals surface area (Å²) in [5.41, 5.74) is -0.509. The van der Waals surface area contributed by atoms with Gasteiger partial charge in [0.05, 0.1) is 11.4 Å². The molecule has 0 saturated carbocycles. The van der Waals surface area contributed by atoms with Gasteiger partial charge in [-0.3, -0.25) is 8.86 Å². The van der Waals surface area contributed by atoms with E-state index in [1.165, 1.54) is 13.0 Å². The summed E-state index contributed by atoms with van der Waals surface area (Å²) in [6.45, 7) is 2.98. The first-order chi connectivity index (χ1) is 11.1. The number of carbonyl (C=O) groups is 1. The maximum Gasteiger partial charge on any atom is 0.339 e. The molecule has 0 fully saturated rings. The Bertz CT molecular complexity index is 735. The van der Waals surface area contributed by atoms with E-state index in [-0.39, 0.29) is 35.7 Å². The molecule has 0 bridgehead atoms. The lowest BCUT2D eigenvalue weighted by Crippen LogP contribution is -2.29. The molecule has 2 N–H and O–H groups in total. The van der Waals surface area contributed by atoms with Crippen molar-refractivity contribution in [2.45, 2.75) is 26.7 Å². The molecule has 0 aliphatic heterocycles. The molecule has 136 valence electrons. The molecule has 0 saturated heterocycles. The first kappa shape index (κ1) is 20.5. The third-order valence-corrected chi connectivity index (χ3v) is 6.09. The minimum atomic E-state index is -3.24. The Balaban J connectivity index is 3.04. The van der Waals surface area contributed by atoms with Crippen LogP contribution in [0.2, 0.25) is 0 Å². The number of anilines is 1. The number of halogens is 1. The van der Waals surface area contributed by atoms with E-state index >= 15 is 0 Å². The van der Waals surface area contributed by atoms with Gasteiger partial charge in [-0.15, -0.1) is 0 Å². The highest BCUT2D eigenvalue weighted by atomic mass is 32.2. The van der Waals surface area contributed by atoms with Crippen molar-refractivity contribution < 1.29 is 31.5 Å². The molecule has 0 aromatic heterocycles. The van der Waals surface area contributed by atoms with Crippen LogP contribution in [0.4, 0.5) is 10.1 Å². The zero-order valence-corrected chi connectivity index (χ0v) is 15.0. The first-order valence-corrected chi connectivity index (χ1v) is 10.1. The van der Waals surface area contributed by atoms with E-state index in [2.05, 4.69) is 0 Å². The highest BCUT2D eigenvalue weighted by molar-refractivity contribution is 7.91. The molecular weight excluding hydrogens is 361 g/mol. The highest BCUT2D eigenvalue weighted by Crippen LogP contribution is 2.26. The molecule has 0 heterocycles. The number of hydrogen-bond acceptors (Lipinski definition) is 4. The van der Waals surface area contributed by atoms with E-state index in [0.29, 0.717) is 6.42 Å². The van der Waals surface area contributed by atoms with Crippen LogP contribution in [0.1, 0.15) is 35.7 Å². The fraction of sp³-hybridized carbons (Fsp3) is 0.500. The van der Waals surface area contributed by atoms with Crippen LogP contribution in [0.5, 0.6) is 0 Å². The van der Waals surface area contributed by atoms with Crippen LogP contribution in [0.25, 0.3) is 0 Å². The quantitative estimate of drug-likeness (QED) is 0.633. The lowest BCUT2D eigenvalue weighted by Gasteiger charge is -2.22. The largest absolute Gasteiger partial charge is 0.478 e. The van der Waals surface area contributed by atoms with Gasteiger partial charge in [-0.25, -0.2) is 21.8 Å². The number of carboxylic acid groups (broad SMARTS) is 1. The maximum atomic E-state index is 13.6. The lowest BCUT2D eigenvalue weighted by molar-refractivity contribution is 0.0691. The van der Waals surface area contributed by atoms with Crippen molar-refractivity contribution >= 4 is 32.8 Å². The summed E-state index contributed by atoms with van der Waals surface area (Å²) in [6.07, 6.45) is 0.574. The van der Waals surface area contributed by atoms with Gasteiger partial charge in [0, 0.05) is 12.3 Å². The lowest BCUT2D eigenvalue weighted by atomic mass is 10.1. The molecule has 1 aromatic rings. The average Bonchev–Trinajstić information content (AvgIpc) is 2.44. The number of hydrogen-bond donors (Lipinski definition) is 2. The van der Waals surface area contributed by atoms with Crippen LogP contribution in [0.3, 0.4) is 0 Å². The number of rotatable bonds is 9. The molecule has 1 atom stereocenters. The van der Waals surface area contributed by atoms with E-state index < -0.39 is 38.5 Å². The van der Waals surface area contributed by atoms with Crippen molar-refractivity contribution in [2.75, 3.05) is 22.4 Å². The second-order valence-electron chi connectivity index (χ2n) is 5.21. The summed E-state index contributed by atoms with van der Waals surface area (Å²) in [4.78, 5) is 11.1. The number of sulfone groups is 1. The van der Waals surface area contributed by atoms with Crippen molar-refractivity contribution in [1.29, 1.82) is 0 Å². The molecule has 24 heavy (non-hydrogen) atoms. The highest BCUT2D eigenvalue weighted by Gasteiger charge is 2.22.